The Bertz CT molecular complexity index is 1410. The highest BCUT2D eigenvalue weighted by Crippen LogP contribution is 2.34. The predicted molar refractivity (Wildman–Crippen MR) is 121 cm³/mol. The number of aryl methyl sites for hydroxylation is 1. The number of hydrazine groups is 1. The first-order valence-corrected chi connectivity index (χ1v) is 11.5. The molecule has 4 rings (SSSR count). The van der Waals surface area contributed by atoms with Gasteiger partial charge >= 0.3 is 0 Å². The molecule has 0 radical (unpaired) electrons. The molecule has 0 bridgehead atoms. The Morgan fingerprint density at radius 1 is 1.00 bits per heavy atom. The van der Waals surface area contributed by atoms with Crippen LogP contribution in [0.15, 0.2) is 76.6 Å². The summed E-state index contributed by atoms with van der Waals surface area (Å²) >= 11 is 1.11. The zero-order valence-electron chi connectivity index (χ0n) is 16.3. The van der Waals surface area contributed by atoms with E-state index in [9.17, 15) is 18.0 Å². The van der Waals surface area contributed by atoms with Gasteiger partial charge in [0.2, 0.25) is 0 Å². The molecule has 0 spiro atoms. The first-order chi connectivity index (χ1) is 14.8. The Hall–Kier alpha value is -3.47. The van der Waals surface area contributed by atoms with E-state index >= 15 is 0 Å². The molecule has 0 unspecified atom stereocenters. The van der Waals surface area contributed by atoms with E-state index in [1.165, 1.54) is 24.4 Å². The number of hydrogen-bond acceptors (Lipinski definition) is 6. The smallest absolute Gasteiger partial charge is 0.271 e. The zero-order chi connectivity index (χ0) is 22.0. The second-order valence-corrected chi connectivity index (χ2v) is 9.42. The summed E-state index contributed by atoms with van der Waals surface area (Å²) in [4.78, 5) is 30.3. The number of amides is 1. The number of sulfonamides is 1. The lowest BCUT2D eigenvalue weighted by Gasteiger charge is -2.10. The van der Waals surface area contributed by atoms with Gasteiger partial charge in [-0.3, -0.25) is 15.0 Å². The molecule has 2 aromatic carbocycles. The number of para-hydroxylation sites is 1. The fourth-order valence-corrected chi connectivity index (χ4v) is 4.87. The van der Waals surface area contributed by atoms with E-state index in [4.69, 9.17) is 0 Å². The number of aromatic amines is 1. The number of aromatic nitrogens is 1. The summed E-state index contributed by atoms with van der Waals surface area (Å²) in [6, 6.07) is 16.7. The van der Waals surface area contributed by atoms with E-state index in [1.807, 2.05) is 37.3 Å². The maximum Gasteiger partial charge on any atom is 0.271 e. The molecule has 2 heterocycles. The molecule has 0 fully saturated rings. The lowest BCUT2D eigenvalue weighted by Crippen LogP contribution is -2.41. The molecule has 4 aromatic rings. The summed E-state index contributed by atoms with van der Waals surface area (Å²) < 4.78 is 25.4. The molecule has 0 atom stereocenters. The number of thiophene rings is 1. The quantitative estimate of drug-likeness (QED) is 0.333. The van der Waals surface area contributed by atoms with Crippen LogP contribution >= 0.6 is 11.3 Å². The molecule has 1 amide bonds. The number of H-pyrrole nitrogens is 1. The van der Waals surface area contributed by atoms with Crippen molar-refractivity contribution >= 4 is 48.2 Å². The minimum absolute atomic E-state index is 0.0182. The summed E-state index contributed by atoms with van der Waals surface area (Å²) in [6.45, 7) is 1.84. The molecule has 158 valence electrons. The number of benzene rings is 2. The number of rotatable bonds is 6. The maximum absolute atomic E-state index is 13.0. The molecular weight excluding hydrogens is 436 g/mol. The van der Waals surface area contributed by atoms with Crippen LogP contribution in [0.2, 0.25) is 0 Å². The van der Waals surface area contributed by atoms with Crippen molar-refractivity contribution in [3.8, 4) is 0 Å². The third-order valence-corrected chi connectivity index (χ3v) is 6.87. The molecule has 0 saturated heterocycles. The van der Waals surface area contributed by atoms with Crippen molar-refractivity contribution in [1.82, 2.24) is 15.2 Å². The highest BCUT2D eigenvalue weighted by molar-refractivity contribution is 7.89. The Morgan fingerprint density at radius 2 is 1.71 bits per heavy atom. The van der Waals surface area contributed by atoms with Crippen LogP contribution in [-0.2, 0) is 10.0 Å². The molecule has 10 heteroatoms. The monoisotopic (exact) mass is 454 g/mol. The van der Waals surface area contributed by atoms with E-state index in [0.29, 0.717) is 15.2 Å². The summed E-state index contributed by atoms with van der Waals surface area (Å²) in [5.41, 5.74) is 4.09. The largest absolute Gasteiger partial charge is 0.360 e. The number of fused-ring (bicyclic) bond motifs is 1. The summed E-state index contributed by atoms with van der Waals surface area (Å²) in [6.07, 6.45) is 1.44. The Morgan fingerprint density at radius 3 is 2.42 bits per heavy atom. The van der Waals surface area contributed by atoms with Crippen LogP contribution in [-0.4, -0.2) is 19.3 Å². The third kappa shape index (κ3) is 4.36. The average molecular weight is 455 g/mol. The van der Waals surface area contributed by atoms with Crippen LogP contribution in [0.1, 0.15) is 15.9 Å². The Kier molecular flexibility index (Phi) is 5.59. The molecule has 0 aliphatic heterocycles. The van der Waals surface area contributed by atoms with Crippen molar-refractivity contribution in [2.45, 2.75) is 11.8 Å². The van der Waals surface area contributed by atoms with Crippen LogP contribution in [0, 0.1) is 6.92 Å². The van der Waals surface area contributed by atoms with Gasteiger partial charge in [0, 0.05) is 18.0 Å². The number of carbonyl (C=O) groups excluding carboxylic acids is 1. The highest BCUT2D eigenvalue weighted by atomic mass is 32.2. The standard InChI is InChI=1S/C21H18N4O4S2/c1-13-7-9-15(10-8-13)31(28,29)25-24-20(27)17-18-19(16(26)11-12-22-18)30-21(17)23-14-5-3-2-4-6-14/h2-12,23,25H,1H3,(H,22,26)(H,24,27). The van der Waals surface area contributed by atoms with Gasteiger partial charge in [0.05, 0.1) is 16.0 Å². The minimum atomic E-state index is -3.97. The number of pyridine rings is 1. The van der Waals surface area contributed by atoms with Gasteiger partial charge in [-0.05, 0) is 31.2 Å². The summed E-state index contributed by atoms with van der Waals surface area (Å²) in [5.74, 6) is -0.706. The zero-order valence-corrected chi connectivity index (χ0v) is 17.9. The maximum atomic E-state index is 13.0. The number of nitrogens with one attached hydrogen (secondary N) is 4. The van der Waals surface area contributed by atoms with Gasteiger partial charge in [0.15, 0.2) is 5.43 Å². The summed E-state index contributed by atoms with van der Waals surface area (Å²) in [5, 5.41) is 3.54. The van der Waals surface area contributed by atoms with Gasteiger partial charge in [-0.1, -0.05) is 35.9 Å². The van der Waals surface area contributed by atoms with Gasteiger partial charge in [-0.25, -0.2) is 8.42 Å². The third-order valence-electron chi connectivity index (χ3n) is 4.48. The topological polar surface area (TPSA) is 120 Å². The van der Waals surface area contributed by atoms with Crippen molar-refractivity contribution < 1.29 is 13.2 Å². The van der Waals surface area contributed by atoms with Crippen molar-refractivity contribution in [2.75, 3.05) is 5.32 Å². The molecule has 0 aliphatic carbocycles. The van der Waals surface area contributed by atoms with Gasteiger partial charge in [-0.2, -0.15) is 0 Å². The van der Waals surface area contributed by atoms with Crippen LogP contribution in [0.25, 0.3) is 10.2 Å². The van der Waals surface area contributed by atoms with Crippen molar-refractivity contribution in [3.05, 3.63) is 88.2 Å². The molecule has 4 N–H and O–H groups in total. The van der Waals surface area contributed by atoms with E-state index in [-0.39, 0.29) is 15.9 Å². The van der Waals surface area contributed by atoms with Crippen LogP contribution in [0.3, 0.4) is 0 Å². The summed E-state index contributed by atoms with van der Waals surface area (Å²) in [7, 11) is -3.97. The van der Waals surface area contributed by atoms with Crippen LogP contribution < -0.4 is 21.0 Å². The lowest BCUT2D eigenvalue weighted by molar-refractivity contribution is 0.0947. The molecule has 31 heavy (non-hydrogen) atoms. The van der Waals surface area contributed by atoms with Crippen molar-refractivity contribution in [2.24, 2.45) is 0 Å². The average Bonchev–Trinajstić information content (AvgIpc) is 3.12. The van der Waals surface area contributed by atoms with Crippen LogP contribution in [0.5, 0.6) is 0 Å². The van der Waals surface area contributed by atoms with E-state index in [0.717, 1.165) is 22.6 Å². The van der Waals surface area contributed by atoms with E-state index < -0.39 is 15.9 Å². The molecule has 2 aromatic heterocycles. The van der Waals surface area contributed by atoms with Crippen LogP contribution in [0.4, 0.5) is 10.7 Å². The molecule has 8 nitrogen and oxygen atoms in total. The lowest BCUT2D eigenvalue weighted by atomic mass is 10.2. The predicted octanol–water partition coefficient (Wildman–Crippen LogP) is 3.26. The number of anilines is 2. The fraction of sp³-hybridized carbons (Fsp3) is 0.0476. The molecule has 0 saturated carbocycles. The normalized spacial score (nSPS) is 11.4. The van der Waals surface area contributed by atoms with Crippen molar-refractivity contribution in [3.63, 3.8) is 0 Å². The van der Waals surface area contributed by atoms with E-state index in [1.54, 1.807) is 12.1 Å². The first kappa shape index (κ1) is 20.8. The fourth-order valence-electron chi connectivity index (χ4n) is 2.93. The molecular formula is C21H18N4O4S2. The van der Waals surface area contributed by atoms with E-state index in [2.05, 4.69) is 20.6 Å². The highest BCUT2D eigenvalue weighted by Gasteiger charge is 2.23. The Labute approximate surface area is 182 Å². The van der Waals surface area contributed by atoms with Gasteiger partial charge in [-0.15, -0.1) is 16.2 Å². The molecule has 0 aliphatic rings. The minimum Gasteiger partial charge on any atom is -0.360 e. The van der Waals surface area contributed by atoms with Crippen molar-refractivity contribution in [1.29, 1.82) is 0 Å². The second-order valence-electron chi connectivity index (χ2n) is 6.72. The van der Waals surface area contributed by atoms with Gasteiger partial charge < -0.3 is 10.3 Å². The first-order valence-electron chi connectivity index (χ1n) is 9.20. The van der Waals surface area contributed by atoms with Gasteiger partial charge in [0.1, 0.15) is 9.70 Å². The second kappa shape index (κ2) is 8.34. The van der Waals surface area contributed by atoms with Gasteiger partial charge in [0.25, 0.3) is 15.9 Å². The number of hydrogen-bond donors (Lipinski definition) is 4. The Balaban J connectivity index is 1.66. The number of carbonyl (C=O) groups is 1. The SMILES string of the molecule is Cc1ccc(S(=O)(=O)NNC(=O)c2c(Nc3ccccc3)sc3c(=O)cc[nH]c23)cc1.